The molecule has 5 nitrogen and oxygen atoms in total. The van der Waals surface area contributed by atoms with Crippen LogP contribution in [0.3, 0.4) is 0 Å². The second-order valence-electron chi connectivity index (χ2n) is 5.08. The molecule has 0 spiro atoms. The average Bonchev–Trinajstić information content (AvgIpc) is 2.42. The summed E-state index contributed by atoms with van der Waals surface area (Å²) < 4.78 is 0. The zero-order valence-corrected chi connectivity index (χ0v) is 11.6. The minimum Gasteiger partial charge on any atom is -0.339 e. The van der Waals surface area contributed by atoms with Gasteiger partial charge in [0.1, 0.15) is 5.52 Å². The number of hydrogen-bond donors (Lipinski definition) is 1. The van der Waals surface area contributed by atoms with Crippen LogP contribution in [0, 0.1) is 5.92 Å². The first-order valence-corrected chi connectivity index (χ1v) is 6.75. The van der Waals surface area contributed by atoms with Gasteiger partial charge < -0.3 is 10.6 Å². The second kappa shape index (κ2) is 6.43. The molecule has 0 saturated carbocycles. The number of para-hydroxylation sites is 1. The van der Waals surface area contributed by atoms with Gasteiger partial charge >= 0.3 is 0 Å². The number of nitrogens with two attached hydrogens (primary N) is 1. The van der Waals surface area contributed by atoms with Gasteiger partial charge in [0.15, 0.2) is 0 Å². The van der Waals surface area contributed by atoms with E-state index in [9.17, 15) is 0 Å². The van der Waals surface area contributed by atoms with Crippen molar-refractivity contribution < 1.29 is 0 Å². The molecule has 0 unspecified atom stereocenters. The lowest BCUT2D eigenvalue weighted by Crippen LogP contribution is -2.31. The normalized spacial score (nSPS) is 11.2. The van der Waals surface area contributed by atoms with Crippen LogP contribution in [0.25, 0.3) is 11.0 Å². The molecule has 19 heavy (non-hydrogen) atoms. The first-order valence-electron chi connectivity index (χ1n) is 6.75. The fourth-order valence-electron chi connectivity index (χ4n) is 2.00. The Labute approximate surface area is 113 Å². The van der Waals surface area contributed by atoms with E-state index >= 15 is 0 Å². The maximum atomic E-state index is 5.59. The highest BCUT2D eigenvalue weighted by Gasteiger charge is 2.12. The monoisotopic (exact) mass is 259 g/mol. The van der Waals surface area contributed by atoms with Crippen molar-refractivity contribution in [1.82, 2.24) is 15.2 Å². The Balaban J connectivity index is 2.26. The molecule has 0 radical (unpaired) electrons. The summed E-state index contributed by atoms with van der Waals surface area (Å²) in [7, 11) is 0. The number of fused-ring (bicyclic) bond motifs is 1. The van der Waals surface area contributed by atoms with Gasteiger partial charge in [-0.05, 0) is 31.0 Å². The average molecular weight is 259 g/mol. The number of benzene rings is 1. The summed E-state index contributed by atoms with van der Waals surface area (Å²) in [5.74, 6) is 1.24. The highest BCUT2D eigenvalue weighted by atomic mass is 15.3. The van der Waals surface area contributed by atoms with Crippen molar-refractivity contribution in [3.05, 3.63) is 24.3 Å². The molecule has 2 N–H and O–H groups in total. The molecule has 1 aromatic heterocycles. The number of aromatic nitrogens is 3. The largest absolute Gasteiger partial charge is 0.339 e. The van der Waals surface area contributed by atoms with Gasteiger partial charge in [-0.2, -0.15) is 0 Å². The van der Waals surface area contributed by atoms with Crippen LogP contribution in [-0.2, 0) is 0 Å². The van der Waals surface area contributed by atoms with Gasteiger partial charge in [0.05, 0.1) is 5.52 Å². The number of anilines is 1. The lowest BCUT2D eigenvalue weighted by Gasteiger charge is -2.23. The Kier molecular flexibility index (Phi) is 4.63. The number of nitrogens with zero attached hydrogens (tertiary/aromatic N) is 4. The maximum Gasteiger partial charge on any atom is 0.245 e. The lowest BCUT2D eigenvalue weighted by molar-refractivity contribution is 0.589. The summed E-state index contributed by atoms with van der Waals surface area (Å²) in [5, 5.41) is 8.47. The predicted molar refractivity (Wildman–Crippen MR) is 78.1 cm³/mol. The minimum absolute atomic E-state index is 0.549. The zero-order chi connectivity index (χ0) is 13.7. The Bertz CT molecular complexity index is 526. The van der Waals surface area contributed by atoms with Gasteiger partial charge in [-0.25, -0.2) is 4.98 Å². The topological polar surface area (TPSA) is 67.9 Å². The molecule has 0 aliphatic carbocycles. The molecular formula is C14H21N5. The van der Waals surface area contributed by atoms with E-state index in [1.807, 2.05) is 24.3 Å². The van der Waals surface area contributed by atoms with E-state index in [-0.39, 0.29) is 0 Å². The van der Waals surface area contributed by atoms with E-state index in [4.69, 9.17) is 5.73 Å². The molecule has 0 bridgehead atoms. The molecule has 0 atom stereocenters. The smallest absolute Gasteiger partial charge is 0.245 e. The van der Waals surface area contributed by atoms with Crippen LogP contribution in [0.4, 0.5) is 5.95 Å². The predicted octanol–water partition coefficient (Wildman–Crippen LogP) is 1.84. The Hall–Kier alpha value is -1.75. The van der Waals surface area contributed by atoms with Crippen molar-refractivity contribution in [1.29, 1.82) is 0 Å². The molecule has 0 amide bonds. The van der Waals surface area contributed by atoms with Crippen molar-refractivity contribution >= 4 is 17.0 Å². The molecule has 1 aromatic carbocycles. The van der Waals surface area contributed by atoms with E-state index in [1.165, 1.54) is 0 Å². The first-order chi connectivity index (χ1) is 9.20. The molecule has 0 saturated heterocycles. The first kappa shape index (κ1) is 13.7. The summed E-state index contributed by atoms with van der Waals surface area (Å²) in [4.78, 5) is 6.76. The van der Waals surface area contributed by atoms with Gasteiger partial charge in [0.25, 0.3) is 0 Å². The van der Waals surface area contributed by atoms with Crippen molar-refractivity contribution in [3.63, 3.8) is 0 Å². The molecule has 2 aromatic rings. The quantitative estimate of drug-likeness (QED) is 0.857. The van der Waals surface area contributed by atoms with Gasteiger partial charge in [-0.1, -0.05) is 26.0 Å². The highest BCUT2D eigenvalue weighted by molar-refractivity contribution is 5.74. The van der Waals surface area contributed by atoms with E-state index in [0.717, 1.165) is 30.5 Å². The van der Waals surface area contributed by atoms with Gasteiger partial charge in [-0.3, -0.25) is 0 Å². The second-order valence-corrected chi connectivity index (χ2v) is 5.08. The molecule has 5 heteroatoms. The third-order valence-corrected chi connectivity index (χ3v) is 2.85. The van der Waals surface area contributed by atoms with Crippen molar-refractivity contribution in [2.24, 2.45) is 11.7 Å². The third kappa shape index (κ3) is 3.61. The van der Waals surface area contributed by atoms with E-state index in [2.05, 4.69) is 33.9 Å². The number of rotatable bonds is 6. The summed E-state index contributed by atoms with van der Waals surface area (Å²) >= 11 is 0. The molecule has 2 rings (SSSR count). The number of hydrogen-bond acceptors (Lipinski definition) is 5. The van der Waals surface area contributed by atoms with Crippen molar-refractivity contribution in [2.45, 2.75) is 20.3 Å². The van der Waals surface area contributed by atoms with Crippen LogP contribution in [0.15, 0.2) is 24.3 Å². The Morgan fingerprint density at radius 2 is 1.89 bits per heavy atom. The van der Waals surface area contributed by atoms with Crippen molar-refractivity contribution in [3.8, 4) is 0 Å². The standard InChI is InChI=1S/C14H21N5/c1-11(2)10-19(9-5-8-15)14-16-12-6-3-4-7-13(12)17-18-14/h3-4,6-7,11H,5,8-10,15H2,1-2H3. The summed E-state index contributed by atoms with van der Waals surface area (Å²) in [6.07, 6.45) is 0.933. The highest BCUT2D eigenvalue weighted by Crippen LogP contribution is 2.14. The molecule has 0 fully saturated rings. The zero-order valence-electron chi connectivity index (χ0n) is 11.6. The van der Waals surface area contributed by atoms with Crippen LogP contribution in [0.5, 0.6) is 0 Å². The molecule has 0 aliphatic rings. The fourth-order valence-corrected chi connectivity index (χ4v) is 2.00. The van der Waals surface area contributed by atoms with Gasteiger partial charge in [-0.15, -0.1) is 10.2 Å². The molecule has 102 valence electrons. The van der Waals surface area contributed by atoms with Crippen LogP contribution in [0.1, 0.15) is 20.3 Å². The molecular weight excluding hydrogens is 238 g/mol. The van der Waals surface area contributed by atoms with Crippen LogP contribution < -0.4 is 10.6 Å². The van der Waals surface area contributed by atoms with E-state index in [1.54, 1.807) is 0 Å². The summed E-state index contributed by atoms with van der Waals surface area (Å²) in [6.45, 7) is 6.83. The Morgan fingerprint density at radius 1 is 1.16 bits per heavy atom. The fraction of sp³-hybridized carbons (Fsp3) is 0.500. The van der Waals surface area contributed by atoms with Crippen LogP contribution in [0.2, 0.25) is 0 Å². The van der Waals surface area contributed by atoms with E-state index in [0.29, 0.717) is 18.4 Å². The van der Waals surface area contributed by atoms with Crippen LogP contribution >= 0.6 is 0 Å². The summed E-state index contributed by atoms with van der Waals surface area (Å²) in [6, 6.07) is 7.79. The third-order valence-electron chi connectivity index (χ3n) is 2.85. The van der Waals surface area contributed by atoms with Crippen molar-refractivity contribution in [2.75, 3.05) is 24.5 Å². The lowest BCUT2D eigenvalue weighted by atomic mass is 10.2. The van der Waals surface area contributed by atoms with Gasteiger partial charge in [0, 0.05) is 13.1 Å². The minimum atomic E-state index is 0.549. The Morgan fingerprint density at radius 3 is 2.58 bits per heavy atom. The van der Waals surface area contributed by atoms with Crippen LogP contribution in [-0.4, -0.2) is 34.8 Å². The van der Waals surface area contributed by atoms with E-state index < -0.39 is 0 Å². The molecule has 1 heterocycles. The maximum absolute atomic E-state index is 5.59. The SMILES string of the molecule is CC(C)CN(CCCN)c1nnc2ccccc2n1. The van der Waals surface area contributed by atoms with Gasteiger partial charge in [0.2, 0.25) is 5.95 Å². The summed E-state index contributed by atoms with van der Waals surface area (Å²) in [5.41, 5.74) is 7.30. The molecule has 0 aliphatic heterocycles.